The number of benzene rings is 2. The van der Waals surface area contributed by atoms with Gasteiger partial charge in [-0.2, -0.15) is 0 Å². The van der Waals surface area contributed by atoms with Crippen molar-refractivity contribution in [3.05, 3.63) is 64.7 Å². The predicted octanol–water partition coefficient (Wildman–Crippen LogP) is 4.22. The van der Waals surface area contributed by atoms with Gasteiger partial charge in [0.2, 0.25) is 11.8 Å². The minimum absolute atomic E-state index is 0.0550. The molecule has 4 saturated carbocycles. The molecule has 8 heteroatoms. The van der Waals surface area contributed by atoms with Crippen LogP contribution in [0.2, 0.25) is 5.02 Å². The third kappa shape index (κ3) is 5.19. The summed E-state index contributed by atoms with van der Waals surface area (Å²) in [5, 5.41) is 7.06. The molecule has 6 rings (SSSR count). The van der Waals surface area contributed by atoms with E-state index in [1.165, 1.54) is 0 Å². The third-order valence-electron chi connectivity index (χ3n) is 8.48. The predicted molar refractivity (Wildman–Crippen MR) is 141 cm³/mol. The molecule has 2 atom stereocenters. The lowest BCUT2D eigenvalue weighted by atomic mass is 9.47. The highest BCUT2D eigenvalue weighted by Gasteiger charge is 2.59. The zero-order valence-electron chi connectivity index (χ0n) is 21.3. The Morgan fingerprint density at radius 1 is 1.00 bits per heavy atom. The van der Waals surface area contributed by atoms with E-state index in [0.29, 0.717) is 28.8 Å². The minimum atomic E-state index is -1.04. The van der Waals surface area contributed by atoms with Gasteiger partial charge in [0.25, 0.3) is 5.91 Å². The second kappa shape index (κ2) is 9.67. The Morgan fingerprint density at radius 2 is 1.62 bits per heavy atom. The number of halogens is 1. The van der Waals surface area contributed by atoms with Gasteiger partial charge in [0.1, 0.15) is 5.75 Å². The van der Waals surface area contributed by atoms with Gasteiger partial charge in [-0.05, 0) is 106 Å². The summed E-state index contributed by atoms with van der Waals surface area (Å²) < 4.78 is 6.00. The standard InChI is InChI=1S/C29H34ClN3O4/c1-28(2,37-23-9-7-22(30)8-10-23)26(35)33-24-20-11-18-12-21(24)15-29(13-18,14-20)27(36)32-16-17-3-5-19(6-4-17)25(31)34/h3-10,18,20-21,24H,11-16H2,1-2H3,(H2,31,34)(H,32,36)(H,33,35). The molecule has 4 N–H and O–H groups in total. The lowest BCUT2D eigenvalue weighted by Crippen LogP contribution is -2.64. The molecule has 0 heterocycles. The summed E-state index contributed by atoms with van der Waals surface area (Å²) in [7, 11) is 0. The fourth-order valence-corrected chi connectivity index (χ4v) is 6.99. The van der Waals surface area contributed by atoms with Gasteiger partial charge >= 0.3 is 0 Å². The zero-order chi connectivity index (χ0) is 26.4. The number of hydrogen-bond acceptors (Lipinski definition) is 4. The Morgan fingerprint density at radius 3 is 2.22 bits per heavy atom. The maximum Gasteiger partial charge on any atom is 0.263 e. The van der Waals surface area contributed by atoms with Gasteiger partial charge in [-0.1, -0.05) is 23.7 Å². The summed E-state index contributed by atoms with van der Waals surface area (Å²) in [6.45, 7) is 3.96. The van der Waals surface area contributed by atoms with E-state index >= 15 is 0 Å². The Balaban J connectivity index is 1.21. The van der Waals surface area contributed by atoms with Crippen LogP contribution in [0.3, 0.4) is 0 Å². The van der Waals surface area contributed by atoms with Crippen LogP contribution in [0.5, 0.6) is 5.75 Å². The van der Waals surface area contributed by atoms with Crippen LogP contribution in [0, 0.1) is 23.2 Å². The van der Waals surface area contributed by atoms with Crippen molar-refractivity contribution in [3.63, 3.8) is 0 Å². The van der Waals surface area contributed by atoms with Crippen molar-refractivity contribution >= 4 is 29.3 Å². The van der Waals surface area contributed by atoms with Crippen LogP contribution in [-0.2, 0) is 16.1 Å². The van der Waals surface area contributed by atoms with Crippen LogP contribution in [0.25, 0.3) is 0 Å². The van der Waals surface area contributed by atoms with Crippen molar-refractivity contribution in [1.82, 2.24) is 10.6 Å². The molecule has 2 aromatic rings. The second-order valence-electron chi connectivity index (χ2n) is 11.6. The lowest BCUT2D eigenvalue weighted by Gasteiger charge is -2.59. The van der Waals surface area contributed by atoms with Crippen LogP contribution >= 0.6 is 11.6 Å². The molecular formula is C29H34ClN3O4. The van der Waals surface area contributed by atoms with Crippen molar-refractivity contribution < 1.29 is 19.1 Å². The molecule has 37 heavy (non-hydrogen) atoms. The number of rotatable bonds is 8. The number of nitrogens with one attached hydrogen (secondary N) is 2. The van der Waals surface area contributed by atoms with Gasteiger partial charge in [-0.25, -0.2) is 0 Å². The van der Waals surface area contributed by atoms with Gasteiger partial charge in [-0.15, -0.1) is 0 Å². The van der Waals surface area contributed by atoms with Crippen molar-refractivity contribution in [3.8, 4) is 5.75 Å². The van der Waals surface area contributed by atoms with Gasteiger partial charge in [-0.3, -0.25) is 14.4 Å². The molecular weight excluding hydrogens is 490 g/mol. The van der Waals surface area contributed by atoms with Crippen LogP contribution in [0.1, 0.15) is 61.9 Å². The SMILES string of the molecule is CC(C)(Oc1ccc(Cl)cc1)C(=O)NC1C2CC3CC1CC(C(=O)NCc1ccc(C(N)=O)cc1)(C3)C2. The molecule has 0 spiro atoms. The van der Waals surface area contributed by atoms with Crippen molar-refractivity contribution in [2.24, 2.45) is 28.9 Å². The van der Waals surface area contributed by atoms with Gasteiger partial charge < -0.3 is 21.1 Å². The highest BCUT2D eigenvalue weighted by Crippen LogP contribution is 2.60. The van der Waals surface area contributed by atoms with Crippen LogP contribution in [0.15, 0.2) is 48.5 Å². The van der Waals surface area contributed by atoms with Crippen LogP contribution in [0.4, 0.5) is 0 Å². The van der Waals surface area contributed by atoms with Crippen LogP contribution < -0.4 is 21.1 Å². The molecule has 196 valence electrons. The van der Waals surface area contributed by atoms with E-state index in [9.17, 15) is 14.4 Å². The molecule has 3 amide bonds. The average molecular weight is 524 g/mol. The molecule has 2 aromatic carbocycles. The van der Waals surface area contributed by atoms with Crippen molar-refractivity contribution in [1.29, 1.82) is 0 Å². The Kier molecular flexibility index (Phi) is 6.69. The molecule has 0 aromatic heterocycles. The summed E-state index contributed by atoms with van der Waals surface area (Å²) in [4.78, 5) is 38.0. The average Bonchev–Trinajstić information content (AvgIpc) is 2.85. The van der Waals surface area contributed by atoms with E-state index in [1.54, 1.807) is 50.2 Å². The molecule has 2 unspecified atom stereocenters. The molecule has 7 nitrogen and oxygen atoms in total. The molecule has 4 bridgehead atoms. The number of hydrogen-bond donors (Lipinski definition) is 3. The second-order valence-corrected chi connectivity index (χ2v) is 12.0. The number of primary amides is 1. The minimum Gasteiger partial charge on any atom is -0.478 e. The normalized spacial score (nSPS) is 28.0. The monoisotopic (exact) mass is 523 g/mol. The lowest BCUT2D eigenvalue weighted by molar-refractivity contribution is -0.152. The smallest absolute Gasteiger partial charge is 0.263 e. The fourth-order valence-electron chi connectivity index (χ4n) is 6.86. The molecule has 0 saturated heterocycles. The first kappa shape index (κ1) is 25.6. The molecule has 4 aliphatic rings. The quantitative estimate of drug-likeness (QED) is 0.481. The van der Waals surface area contributed by atoms with E-state index in [0.717, 1.165) is 37.7 Å². The highest BCUT2D eigenvalue weighted by molar-refractivity contribution is 6.30. The Labute approximate surface area is 222 Å². The number of nitrogens with two attached hydrogens (primary N) is 1. The van der Waals surface area contributed by atoms with Gasteiger partial charge in [0.05, 0.1) is 5.41 Å². The number of amides is 3. The largest absolute Gasteiger partial charge is 0.478 e. The van der Waals surface area contributed by atoms with E-state index in [4.69, 9.17) is 22.1 Å². The van der Waals surface area contributed by atoms with Crippen molar-refractivity contribution in [2.45, 2.75) is 64.1 Å². The number of ether oxygens (including phenoxy) is 1. The molecule has 4 aliphatic carbocycles. The van der Waals surface area contributed by atoms with Gasteiger partial charge in [0, 0.05) is 23.2 Å². The zero-order valence-corrected chi connectivity index (χ0v) is 22.0. The topological polar surface area (TPSA) is 111 Å². The van der Waals surface area contributed by atoms with E-state index < -0.39 is 11.5 Å². The molecule has 0 aliphatic heterocycles. The Bertz CT molecular complexity index is 1180. The maximum atomic E-state index is 13.5. The fraction of sp³-hybridized carbons (Fsp3) is 0.483. The first-order valence-electron chi connectivity index (χ1n) is 13.0. The highest BCUT2D eigenvalue weighted by atomic mass is 35.5. The maximum absolute atomic E-state index is 13.5. The van der Waals surface area contributed by atoms with Crippen molar-refractivity contribution in [2.75, 3.05) is 0 Å². The van der Waals surface area contributed by atoms with Gasteiger partial charge in [0.15, 0.2) is 5.60 Å². The third-order valence-corrected chi connectivity index (χ3v) is 8.73. The number of carbonyl (C=O) groups is 3. The summed E-state index contributed by atoms with van der Waals surface area (Å²) in [6.07, 6.45) is 4.58. The summed E-state index contributed by atoms with van der Waals surface area (Å²) in [6, 6.07) is 14.0. The molecule has 4 fully saturated rings. The first-order chi connectivity index (χ1) is 17.5. The van der Waals surface area contributed by atoms with E-state index in [2.05, 4.69) is 10.6 Å². The summed E-state index contributed by atoms with van der Waals surface area (Å²) in [5.41, 5.74) is 5.28. The van der Waals surface area contributed by atoms with E-state index in [1.807, 2.05) is 12.1 Å². The van der Waals surface area contributed by atoms with Crippen LogP contribution in [-0.4, -0.2) is 29.4 Å². The number of carbonyl (C=O) groups excluding carboxylic acids is 3. The Hall–Kier alpha value is -3.06. The summed E-state index contributed by atoms with van der Waals surface area (Å²) in [5.74, 6) is 1.16. The van der Waals surface area contributed by atoms with E-state index in [-0.39, 0.29) is 35.1 Å². The summed E-state index contributed by atoms with van der Waals surface area (Å²) >= 11 is 5.97. The molecule has 0 radical (unpaired) electrons. The first-order valence-corrected chi connectivity index (χ1v) is 13.3.